The molecular weight excluding hydrogens is 272 g/mol. The standard InChI is InChI=1S/C15H22N2O2S/c1-5-19-10-6-7-11-12(8-10)17-14(16-11)20-9-13(18)15(2,3)4/h6-8,13,18H,5,9H2,1-4H3,(H,16,17)/t13-/m0/s1. The predicted molar refractivity (Wildman–Crippen MR) is 83.4 cm³/mol. The molecule has 0 saturated heterocycles. The molecule has 0 saturated carbocycles. The number of aromatic amines is 1. The Morgan fingerprint density at radius 1 is 1.40 bits per heavy atom. The number of imidazole rings is 1. The summed E-state index contributed by atoms with van der Waals surface area (Å²) in [5, 5.41) is 10.9. The molecule has 1 aromatic heterocycles. The van der Waals surface area contributed by atoms with E-state index < -0.39 is 0 Å². The van der Waals surface area contributed by atoms with E-state index in [1.807, 2.05) is 45.9 Å². The lowest BCUT2D eigenvalue weighted by Gasteiger charge is -2.24. The number of nitrogens with zero attached hydrogens (tertiary/aromatic N) is 1. The molecule has 110 valence electrons. The van der Waals surface area contributed by atoms with Gasteiger partial charge in [-0.1, -0.05) is 32.5 Å². The van der Waals surface area contributed by atoms with Gasteiger partial charge in [0.15, 0.2) is 5.16 Å². The van der Waals surface area contributed by atoms with Crippen molar-refractivity contribution >= 4 is 22.8 Å². The van der Waals surface area contributed by atoms with E-state index >= 15 is 0 Å². The van der Waals surface area contributed by atoms with E-state index in [2.05, 4.69) is 9.97 Å². The van der Waals surface area contributed by atoms with Crippen LogP contribution in [0.5, 0.6) is 5.75 Å². The maximum atomic E-state index is 10.1. The monoisotopic (exact) mass is 294 g/mol. The molecule has 0 bridgehead atoms. The van der Waals surface area contributed by atoms with Gasteiger partial charge in [0.25, 0.3) is 0 Å². The van der Waals surface area contributed by atoms with Crippen LogP contribution in [0.25, 0.3) is 11.0 Å². The van der Waals surface area contributed by atoms with Crippen molar-refractivity contribution in [2.24, 2.45) is 5.41 Å². The summed E-state index contributed by atoms with van der Waals surface area (Å²) in [6.07, 6.45) is -0.361. The Labute approximate surface area is 123 Å². The van der Waals surface area contributed by atoms with Crippen LogP contribution in [0.3, 0.4) is 0 Å². The van der Waals surface area contributed by atoms with E-state index in [1.54, 1.807) is 11.8 Å². The molecule has 0 spiro atoms. The van der Waals surface area contributed by atoms with Crippen molar-refractivity contribution in [3.8, 4) is 5.75 Å². The molecule has 1 atom stereocenters. The van der Waals surface area contributed by atoms with Crippen LogP contribution in [-0.4, -0.2) is 33.5 Å². The number of H-pyrrole nitrogens is 1. The highest BCUT2D eigenvalue weighted by atomic mass is 32.2. The predicted octanol–water partition coefficient (Wildman–Crippen LogP) is 3.46. The minimum Gasteiger partial charge on any atom is -0.494 e. The lowest BCUT2D eigenvalue weighted by molar-refractivity contribution is 0.0842. The van der Waals surface area contributed by atoms with Crippen LogP contribution >= 0.6 is 11.8 Å². The van der Waals surface area contributed by atoms with Gasteiger partial charge in [-0.2, -0.15) is 0 Å². The Hall–Kier alpha value is -1.20. The van der Waals surface area contributed by atoms with Crippen molar-refractivity contribution in [3.05, 3.63) is 18.2 Å². The highest BCUT2D eigenvalue weighted by molar-refractivity contribution is 7.99. The molecule has 2 rings (SSSR count). The number of thioether (sulfide) groups is 1. The average Bonchev–Trinajstić information content (AvgIpc) is 2.77. The number of fused-ring (bicyclic) bond motifs is 1. The van der Waals surface area contributed by atoms with E-state index in [0.29, 0.717) is 12.4 Å². The van der Waals surface area contributed by atoms with Crippen LogP contribution in [0, 0.1) is 5.41 Å². The summed E-state index contributed by atoms with van der Waals surface area (Å²) in [4.78, 5) is 7.77. The molecule has 4 nitrogen and oxygen atoms in total. The number of ether oxygens (including phenoxy) is 1. The summed E-state index contributed by atoms with van der Waals surface area (Å²) in [7, 11) is 0. The van der Waals surface area contributed by atoms with Crippen LogP contribution in [0.15, 0.2) is 23.4 Å². The number of hydrogen-bond donors (Lipinski definition) is 2. The molecule has 0 aliphatic heterocycles. The van der Waals surface area contributed by atoms with Crippen LogP contribution in [0.4, 0.5) is 0 Å². The number of aliphatic hydroxyl groups is 1. The topological polar surface area (TPSA) is 58.1 Å². The molecule has 0 radical (unpaired) electrons. The fourth-order valence-corrected chi connectivity index (χ4v) is 2.86. The van der Waals surface area contributed by atoms with Gasteiger partial charge >= 0.3 is 0 Å². The van der Waals surface area contributed by atoms with Crippen molar-refractivity contribution in [1.82, 2.24) is 9.97 Å². The lowest BCUT2D eigenvalue weighted by atomic mass is 9.90. The Balaban J connectivity index is 2.08. The van der Waals surface area contributed by atoms with Gasteiger partial charge in [0.2, 0.25) is 0 Å². The van der Waals surface area contributed by atoms with Gasteiger partial charge in [-0.25, -0.2) is 4.98 Å². The Bertz CT molecular complexity index is 575. The van der Waals surface area contributed by atoms with E-state index in [1.165, 1.54) is 0 Å². The summed E-state index contributed by atoms with van der Waals surface area (Å²) in [6, 6.07) is 5.82. The second-order valence-corrected chi connectivity index (χ2v) is 6.86. The second-order valence-electron chi connectivity index (χ2n) is 5.85. The third-order valence-electron chi connectivity index (χ3n) is 3.12. The van der Waals surface area contributed by atoms with Gasteiger partial charge in [-0.15, -0.1) is 0 Å². The number of nitrogens with one attached hydrogen (secondary N) is 1. The lowest BCUT2D eigenvalue weighted by Crippen LogP contribution is -2.28. The van der Waals surface area contributed by atoms with E-state index in [9.17, 15) is 5.11 Å². The first-order chi connectivity index (χ1) is 9.40. The summed E-state index contributed by atoms with van der Waals surface area (Å²) >= 11 is 1.54. The Morgan fingerprint density at radius 2 is 2.15 bits per heavy atom. The zero-order valence-electron chi connectivity index (χ0n) is 12.4. The fourth-order valence-electron chi connectivity index (χ4n) is 1.70. The zero-order chi connectivity index (χ0) is 14.8. The number of aromatic nitrogens is 2. The van der Waals surface area contributed by atoms with Gasteiger partial charge in [0.1, 0.15) is 5.75 Å². The van der Waals surface area contributed by atoms with Crippen molar-refractivity contribution in [2.45, 2.75) is 39.0 Å². The van der Waals surface area contributed by atoms with E-state index in [0.717, 1.165) is 21.9 Å². The summed E-state index contributed by atoms with van der Waals surface area (Å²) in [6.45, 7) is 8.72. The summed E-state index contributed by atoms with van der Waals surface area (Å²) < 4.78 is 5.47. The largest absolute Gasteiger partial charge is 0.494 e. The maximum absolute atomic E-state index is 10.1. The molecule has 1 aromatic carbocycles. The second kappa shape index (κ2) is 6.06. The number of aliphatic hydroxyl groups excluding tert-OH is 1. The molecule has 20 heavy (non-hydrogen) atoms. The van der Waals surface area contributed by atoms with Crippen LogP contribution in [-0.2, 0) is 0 Å². The molecule has 0 aliphatic rings. The summed E-state index contributed by atoms with van der Waals surface area (Å²) in [5.41, 5.74) is 1.77. The van der Waals surface area contributed by atoms with Crippen molar-refractivity contribution in [2.75, 3.05) is 12.4 Å². The summed E-state index contributed by atoms with van der Waals surface area (Å²) in [5.74, 6) is 1.47. The third kappa shape index (κ3) is 3.67. The Kier molecular flexibility index (Phi) is 4.60. The highest BCUT2D eigenvalue weighted by Gasteiger charge is 2.22. The van der Waals surface area contributed by atoms with E-state index in [4.69, 9.17) is 4.74 Å². The molecular formula is C15H22N2O2S. The first kappa shape index (κ1) is 15.2. The van der Waals surface area contributed by atoms with Crippen molar-refractivity contribution in [1.29, 1.82) is 0 Å². The fraction of sp³-hybridized carbons (Fsp3) is 0.533. The first-order valence-corrected chi connectivity index (χ1v) is 7.82. The van der Waals surface area contributed by atoms with Gasteiger partial charge in [0, 0.05) is 11.8 Å². The molecule has 2 aromatic rings. The quantitative estimate of drug-likeness (QED) is 0.829. The molecule has 0 unspecified atom stereocenters. The van der Waals surface area contributed by atoms with Gasteiger partial charge in [0.05, 0.1) is 23.7 Å². The minimum absolute atomic E-state index is 0.110. The molecule has 0 amide bonds. The van der Waals surface area contributed by atoms with Gasteiger partial charge in [-0.05, 0) is 24.5 Å². The smallest absolute Gasteiger partial charge is 0.166 e. The van der Waals surface area contributed by atoms with E-state index in [-0.39, 0.29) is 11.5 Å². The number of hydrogen-bond acceptors (Lipinski definition) is 4. The number of rotatable bonds is 5. The van der Waals surface area contributed by atoms with Gasteiger partial charge < -0.3 is 14.8 Å². The molecule has 0 fully saturated rings. The Morgan fingerprint density at radius 3 is 2.80 bits per heavy atom. The zero-order valence-corrected chi connectivity index (χ0v) is 13.3. The minimum atomic E-state index is -0.361. The van der Waals surface area contributed by atoms with Crippen LogP contribution in [0.2, 0.25) is 0 Å². The van der Waals surface area contributed by atoms with Crippen molar-refractivity contribution < 1.29 is 9.84 Å². The average molecular weight is 294 g/mol. The van der Waals surface area contributed by atoms with Crippen molar-refractivity contribution in [3.63, 3.8) is 0 Å². The van der Waals surface area contributed by atoms with Gasteiger partial charge in [-0.3, -0.25) is 0 Å². The maximum Gasteiger partial charge on any atom is 0.166 e. The molecule has 0 aliphatic carbocycles. The SMILES string of the molecule is CCOc1ccc2nc(SC[C@H](O)C(C)(C)C)[nH]c2c1. The normalized spacial score (nSPS) is 13.7. The third-order valence-corrected chi connectivity index (χ3v) is 4.07. The highest BCUT2D eigenvalue weighted by Crippen LogP contribution is 2.27. The van der Waals surface area contributed by atoms with Crippen LogP contribution in [0.1, 0.15) is 27.7 Å². The molecule has 5 heteroatoms. The van der Waals surface area contributed by atoms with Crippen LogP contribution < -0.4 is 4.74 Å². The molecule has 2 N–H and O–H groups in total. The molecule has 1 heterocycles. The number of benzene rings is 1. The first-order valence-electron chi connectivity index (χ1n) is 6.83.